The van der Waals surface area contributed by atoms with E-state index in [1.54, 1.807) is 41.7 Å². The molecule has 1 fully saturated rings. The van der Waals surface area contributed by atoms with Crippen molar-refractivity contribution >= 4 is 11.9 Å². The van der Waals surface area contributed by atoms with Gasteiger partial charge in [-0.05, 0) is 18.2 Å². The van der Waals surface area contributed by atoms with Gasteiger partial charge in [-0.25, -0.2) is 9.97 Å². The summed E-state index contributed by atoms with van der Waals surface area (Å²) in [5.74, 6) is 0.630. The van der Waals surface area contributed by atoms with Gasteiger partial charge in [-0.1, -0.05) is 0 Å². The molecule has 0 spiro atoms. The highest BCUT2D eigenvalue weighted by Crippen LogP contribution is 2.11. The van der Waals surface area contributed by atoms with Crippen molar-refractivity contribution < 1.29 is 4.79 Å². The Morgan fingerprint density at radius 1 is 1.00 bits per heavy atom. The first-order chi connectivity index (χ1) is 9.84. The standard InChI is InChI=1S/C13H14N6O/c20-12(11-3-1-6-16-17-11)18-7-9-19(10-8-18)13-14-4-2-5-15-13/h1-6H,7-10H2. The van der Waals surface area contributed by atoms with Gasteiger partial charge < -0.3 is 9.80 Å². The number of piperazine rings is 1. The molecule has 0 aliphatic carbocycles. The fourth-order valence-corrected chi connectivity index (χ4v) is 2.14. The van der Waals surface area contributed by atoms with Crippen LogP contribution in [-0.2, 0) is 0 Å². The van der Waals surface area contributed by atoms with Gasteiger partial charge in [-0.15, -0.1) is 5.10 Å². The summed E-state index contributed by atoms with van der Waals surface area (Å²) in [5, 5.41) is 7.59. The summed E-state index contributed by atoms with van der Waals surface area (Å²) in [6.45, 7) is 2.70. The van der Waals surface area contributed by atoms with Crippen LogP contribution in [0.25, 0.3) is 0 Å². The lowest BCUT2D eigenvalue weighted by molar-refractivity contribution is 0.0739. The molecule has 3 heterocycles. The molecule has 7 heteroatoms. The van der Waals surface area contributed by atoms with Crippen LogP contribution in [0.15, 0.2) is 36.8 Å². The third kappa shape index (κ3) is 2.56. The second-order valence-corrected chi connectivity index (χ2v) is 4.44. The summed E-state index contributed by atoms with van der Waals surface area (Å²) in [7, 11) is 0. The number of carbonyl (C=O) groups excluding carboxylic acids is 1. The van der Waals surface area contributed by atoms with Crippen LogP contribution in [0.1, 0.15) is 10.5 Å². The Morgan fingerprint density at radius 3 is 2.40 bits per heavy atom. The molecule has 1 saturated heterocycles. The van der Waals surface area contributed by atoms with E-state index in [4.69, 9.17) is 0 Å². The van der Waals surface area contributed by atoms with Gasteiger partial charge in [0.1, 0.15) is 0 Å². The minimum Gasteiger partial charge on any atom is -0.337 e. The zero-order chi connectivity index (χ0) is 13.8. The first-order valence-corrected chi connectivity index (χ1v) is 6.43. The van der Waals surface area contributed by atoms with Crippen LogP contribution in [0, 0.1) is 0 Å². The number of amides is 1. The summed E-state index contributed by atoms with van der Waals surface area (Å²) in [6, 6.07) is 5.19. The van der Waals surface area contributed by atoms with E-state index >= 15 is 0 Å². The molecule has 0 saturated carbocycles. The molecule has 3 rings (SSSR count). The van der Waals surface area contributed by atoms with Gasteiger partial charge >= 0.3 is 0 Å². The van der Waals surface area contributed by atoms with Gasteiger partial charge in [0.25, 0.3) is 5.91 Å². The van der Waals surface area contributed by atoms with Crippen LogP contribution < -0.4 is 4.90 Å². The van der Waals surface area contributed by atoms with Crippen molar-refractivity contribution in [2.24, 2.45) is 0 Å². The first kappa shape index (κ1) is 12.5. The van der Waals surface area contributed by atoms with Gasteiger partial charge in [0.05, 0.1) is 0 Å². The Labute approximate surface area is 116 Å². The van der Waals surface area contributed by atoms with Crippen LogP contribution >= 0.6 is 0 Å². The lowest BCUT2D eigenvalue weighted by Gasteiger charge is -2.34. The molecule has 1 amide bonds. The van der Waals surface area contributed by atoms with E-state index in [1.807, 2.05) is 0 Å². The highest BCUT2D eigenvalue weighted by Gasteiger charge is 2.23. The van der Waals surface area contributed by atoms with Crippen LogP contribution in [0.4, 0.5) is 5.95 Å². The maximum absolute atomic E-state index is 12.2. The smallest absolute Gasteiger partial charge is 0.274 e. The van der Waals surface area contributed by atoms with Crippen molar-refractivity contribution in [3.05, 3.63) is 42.5 Å². The monoisotopic (exact) mass is 270 g/mol. The Kier molecular flexibility index (Phi) is 3.49. The predicted octanol–water partition coefficient (Wildman–Crippen LogP) is 0.229. The number of rotatable bonds is 2. The summed E-state index contributed by atoms with van der Waals surface area (Å²) < 4.78 is 0. The quantitative estimate of drug-likeness (QED) is 0.777. The van der Waals surface area contributed by atoms with E-state index in [0.717, 1.165) is 13.1 Å². The maximum Gasteiger partial charge on any atom is 0.274 e. The molecular formula is C13H14N6O. The lowest BCUT2D eigenvalue weighted by atomic mass is 10.2. The molecule has 0 aromatic carbocycles. The average molecular weight is 270 g/mol. The van der Waals surface area contributed by atoms with E-state index in [1.165, 1.54) is 0 Å². The molecule has 2 aromatic rings. The number of hydrogen-bond acceptors (Lipinski definition) is 6. The third-order valence-electron chi connectivity index (χ3n) is 3.19. The Bertz CT molecular complexity index is 568. The molecule has 2 aromatic heterocycles. The van der Waals surface area contributed by atoms with Crippen molar-refractivity contribution in [2.45, 2.75) is 0 Å². The minimum atomic E-state index is -0.0771. The molecule has 20 heavy (non-hydrogen) atoms. The largest absolute Gasteiger partial charge is 0.337 e. The van der Waals surface area contributed by atoms with E-state index in [0.29, 0.717) is 24.7 Å². The van der Waals surface area contributed by atoms with Crippen molar-refractivity contribution in [1.82, 2.24) is 25.1 Å². The summed E-state index contributed by atoms with van der Waals surface area (Å²) in [6.07, 6.45) is 5.00. The van der Waals surface area contributed by atoms with Gasteiger partial charge in [-0.2, -0.15) is 5.10 Å². The second kappa shape index (κ2) is 5.60. The number of aromatic nitrogens is 4. The minimum absolute atomic E-state index is 0.0771. The van der Waals surface area contributed by atoms with E-state index < -0.39 is 0 Å². The number of nitrogens with zero attached hydrogens (tertiary/aromatic N) is 6. The fourth-order valence-electron chi connectivity index (χ4n) is 2.14. The molecule has 1 aliphatic rings. The Hall–Kier alpha value is -2.57. The number of carbonyl (C=O) groups is 1. The molecular weight excluding hydrogens is 256 g/mol. The van der Waals surface area contributed by atoms with Crippen molar-refractivity contribution in [1.29, 1.82) is 0 Å². The van der Waals surface area contributed by atoms with Gasteiger partial charge in [0.2, 0.25) is 5.95 Å². The van der Waals surface area contributed by atoms with Gasteiger partial charge in [-0.3, -0.25) is 4.79 Å². The highest BCUT2D eigenvalue weighted by molar-refractivity contribution is 5.92. The zero-order valence-electron chi connectivity index (χ0n) is 10.9. The van der Waals surface area contributed by atoms with E-state index in [-0.39, 0.29) is 5.91 Å². The number of anilines is 1. The first-order valence-electron chi connectivity index (χ1n) is 6.43. The summed E-state index contributed by atoms with van der Waals surface area (Å²) in [4.78, 5) is 24.5. The van der Waals surface area contributed by atoms with Gasteiger partial charge in [0, 0.05) is 44.8 Å². The van der Waals surface area contributed by atoms with Crippen molar-refractivity contribution in [2.75, 3.05) is 31.1 Å². The molecule has 0 unspecified atom stereocenters. The second-order valence-electron chi connectivity index (χ2n) is 4.44. The fraction of sp³-hybridized carbons (Fsp3) is 0.308. The molecule has 1 aliphatic heterocycles. The predicted molar refractivity (Wildman–Crippen MR) is 72.2 cm³/mol. The average Bonchev–Trinajstić information content (AvgIpc) is 2.56. The van der Waals surface area contributed by atoms with Crippen molar-refractivity contribution in [3.8, 4) is 0 Å². The SMILES string of the molecule is O=C(c1cccnn1)N1CCN(c2ncccn2)CC1. The summed E-state index contributed by atoms with van der Waals surface area (Å²) in [5.41, 5.74) is 0.386. The molecule has 7 nitrogen and oxygen atoms in total. The van der Waals surface area contributed by atoms with E-state index in [9.17, 15) is 4.79 Å². The van der Waals surface area contributed by atoms with Crippen LogP contribution in [0.2, 0.25) is 0 Å². The highest BCUT2D eigenvalue weighted by atomic mass is 16.2. The van der Waals surface area contributed by atoms with Crippen LogP contribution in [0.3, 0.4) is 0 Å². The molecule has 0 atom stereocenters. The molecule has 0 N–H and O–H groups in total. The summed E-state index contributed by atoms with van der Waals surface area (Å²) >= 11 is 0. The molecule has 0 bridgehead atoms. The van der Waals surface area contributed by atoms with Crippen LogP contribution in [-0.4, -0.2) is 57.2 Å². The maximum atomic E-state index is 12.2. The zero-order valence-corrected chi connectivity index (χ0v) is 10.9. The van der Waals surface area contributed by atoms with Gasteiger partial charge in [0.15, 0.2) is 5.69 Å². The lowest BCUT2D eigenvalue weighted by Crippen LogP contribution is -2.49. The van der Waals surface area contributed by atoms with Crippen LogP contribution in [0.5, 0.6) is 0 Å². The Balaban J connectivity index is 1.63. The van der Waals surface area contributed by atoms with Crippen molar-refractivity contribution in [3.63, 3.8) is 0 Å². The molecule has 0 radical (unpaired) electrons. The van der Waals surface area contributed by atoms with E-state index in [2.05, 4.69) is 25.1 Å². The molecule has 102 valence electrons. The normalized spacial score (nSPS) is 15.2. The number of hydrogen-bond donors (Lipinski definition) is 0. The topological polar surface area (TPSA) is 75.1 Å². The third-order valence-corrected chi connectivity index (χ3v) is 3.19. The Morgan fingerprint density at radius 2 is 1.75 bits per heavy atom.